The number of rotatable bonds is 5. The van der Waals surface area contributed by atoms with Gasteiger partial charge in [-0.3, -0.25) is 4.90 Å². The van der Waals surface area contributed by atoms with Crippen molar-refractivity contribution in [3.8, 4) is 0 Å². The van der Waals surface area contributed by atoms with Gasteiger partial charge in [0, 0.05) is 30.6 Å². The molecule has 1 saturated heterocycles. The minimum atomic E-state index is 0.201. The molecular weight excluding hydrogens is 232 g/mol. The van der Waals surface area contributed by atoms with Crippen LogP contribution >= 0.6 is 0 Å². The topological polar surface area (TPSA) is 15.3 Å². The van der Waals surface area contributed by atoms with Crippen LogP contribution in [0.4, 0.5) is 0 Å². The zero-order chi connectivity index (χ0) is 13.9. The number of hydrogen-bond acceptors (Lipinski definition) is 2. The highest BCUT2D eigenvalue weighted by Crippen LogP contribution is 2.22. The first-order chi connectivity index (χ1) is 8.99. The molecular formula is C17H28N2. The van der Waals surface area contributed by atoms with E-state index in [1.54, 1.807) is 0 Å². The van der Waals surface area contributed by atoms with Crippen LogP contribution in [0, 0.1) is 0 Å². The van der Waals surface area contributed by atoms with Gasteiger partial charge < -0.3 is 5.32 Å². The van der Waals surface area contributed by atoms with Gasteiger partial charge in [-0.2, -0.15) is 0 Å². The Balaban J connectivity index is 1.86. The summed E-state index contributed by atoms with van der Waals surface area (Å²) in [7, 11) is 0. The number of nitrogens with one attached hydrogen (secondary N) is 1. The monoisotopic (exact) mass is 260 g/mol. The van der Waals surface area contributed by atoms with Crippen molar-refractivity contribution in [3.05, 3.63) is 35.9 Å². The molecule has 0 saturated carbocycles. The second-order valence-electron chi connectivity index (χ2n) is 6.71. The summed E-state index contributed by atoms with van der Waals surface area (Å²) in [5.41, 5.74) is 1.62. The van der Waals surface area contributed by atoms with E-state index in [1.807, 2.05) is 0 Å². The molecule has 0 aliphatic carbocycles. The van der Waals surface area contributed by atoms with Crippen molar-refractivity contribution in [2.24, 2.45) is 0 Å². The van der Waals surface area contributed by atoms with Crippen LogP contribution in [0.2, 0.25) is 0 Å². The molecule has 1 N–H and O–H groups in total. The number of hydrogen-bond donors (Lipinski definition) is 1. The van der Waals surface area contributed by atoms with E-state index in [4.69, 9.17) is 0 Å². The lowest BCUT2D eigenvalue weighted by Crippen LogP contribution is -2.41. The van der Waals surface area contributed by atoms with E-state index in [-0.39, 0.29) is 5.41 Å². The van der Waals surface area contributed by atoms with Gasteiger partial charge in [0.1, 0.15) is 0 Å². The zero-order valence-corrected chi connectivity index (χ0v) is 12.8. The molecule has 1 aliphatic heterocycles. The van der Waals surface area contributed by atoms with E-state index in [0.29, 0.717) is 12.1 Å². The van der Waals surface area contributed by atoms with Crippen molar-refractivity contribution >= 4 is 0 Å². The average molecular weight is 260 g/mol. The molecule has 0 radical (unpaired) electrons. The summed E-state index contributed by atoms with van der Waals surface area (Å²) in [6, 6.07) is 12.2. The Morgan fingerprint density at radius 1 is 1.26 bits per heavy atom. The van der Waals surface area contributed by atoms with E-state index in [9.17, 15) is 0 Å². The lowest BCUT2D eigenvalue weighted by molar-refractivity contribution is 0.266. The zero-order valence-electron chi connectivity index (χ0n) is 12.8. The molecule has 106 valence electrons. The lowest BCUT2D eigenvalue weighted by Gasteiger charge is -2.28. The quantitative estimate of drug-likeness (QED) is 0.875. The summed E-state index contributed by atoms with van der Waals surface area (Å²) in [4.78, 5) is 2.56. The fourth-order valence-corrected chi connectivity index (χ4v) is 2.81. The van der Waals surface area contributed by atoms with Crippen LogP contribution in [0.25, 0.3) is 0 Å². The van der Waals surface area contributed by atoms with Crippen LogP contribution in [-0.2, 0) is 5.41 Å². The van der Waals surface area contributed by atoms with E-state index < -0.39 is 0 Å². The maximum absolute atomic E-state index is 3.76. The second kappa shape index (κ2) is 6.06. The van der Waals surface area contributed by atoms with Gasteiger partial charge in [0.05, 0.1) is 0 Å². The standard InChI is InChI=1S/C17H28N2/c1-14(2)19-11-10-16(12-19)18-13-17(3,4)15-8-6-5-7-9-15/h5-9,14,16,18H,10-13H2,1-4H3. The van der Waals surface area contributed by atoms with Gasteiger partial charge in [-0.25, -0.2) is 0 Å². The van der Waals surface area contributed by atoms with Gasteiger partial charge in [0.25, 0.3) is 0 Å². The summed E-state index contributed by atoms with van der Waals surface area (Å²) < 4.78 is 0. The largest absolute Gasteiger partial charge is 0.312 e. The lowest BCUT2D eigenvalue weighted by atomic mass is 9.84. The van der Waals surface area contributed by atoms with E-state index >= 15 is 0 Å². The van der Waals surface area contributed by atoms with Crippen molar-refractivity contribution in [1.29, 1.82) is 0 Å². The third kappa shape index (κ3) is 3.80. The highest BCUT2D eigenvalue weighted by atomic mass is 15.2. The molecule has 2 rings (SSSR count). The van der Waals surface area contributed by atoms with Gasteiger partial charge in [-0.05, 0) is 32.4 Å². The van der Waals surface area contributed by atoms with Crippen LogP contribution < -0.4 is 5.32 Å². The third-order valence-corrected chi connectivity index (χ3v) is 4.34. The van der Waals surface area contributed by atoms with Crippen LogP contribution in [-0.4, -0.2) is 36.6 Å². The van der Waals surface area contributed by atoms with Gasteiger partial charge in [-0.15, -0.1) is 0 Å². The molecule has 0 spiro atoms. The Morgan fingerprint density at radius 2 is 1.95 bits per heavy atom. The summed E-state index contributed by atoms with van der Waals surface area (Å²) in [6.45, 7) is 12.7. The van der Waals surface area contributed by atoms with Crippen molar-refractivity contribution < 1.29 is 0 Å². The van der Waals surface area contributed by atoms with E-state index in [2.05, 4.69) is 68.2 Å². The average Bonchev–Trinajstić information content (AvgIpc) is 2.87. The number of nitrogens with zero attached hydrogens (tertiary/aromatic N) is 1. The molecule has 2 nitrogen and oxygen atoms in total. The van der Waals surface area contributed by atoms with Gasteiger partial charge >= 0.3 is 0 Å². The normalized spacial score (nSPS) is 21.2. The SMILES string of the molecule is CC(C)N1CCC(NCC(C)(C)c2ccccc2)C1. The van der Waals surface area contributed by atoms with E-state index in [1.165, 1.54) is 25.1 Å². The Bertz CT molecular complexity index is 384. The maximum atomic E-state index is 3.76. The summed E-state index contributed by atoms with van der Waals surface area (Å²) in [6.07, 6.45) is 1.28. The van der Waals surface area contributed by atoms with Crippen LogP contribution in [0.5, 0.6) is 0 Å². The predicted molar refractivity (Wildman–Crippen MR) is 82.6 cm³/mol. The maximum Gasteiger partial charge on any atom is 0.0207 e. The molecule has 1 atom stereocenters. The highest BCUT2D eigenvalue weighted by Gasteiger charge is 2.26. The molecule has 1 heterocycles. The molecule has 19 heavy (non-hydrogen) atoms. The smallest absolute Gasteiger partial charge is 0.0207 e. The summed E-state index contributed by atoms with van der Waals surface area (Å²) >= 11 is 0. The number of likely N-dealkylation sites (tertiary alicyclic amines) is 1. The predicted octanol–water partition coefficient (Wildman–Crippen LogP) is 3.04. The molecule has 1 aromatic carbocycles. The van der Waals surface area contributed by atoms with Crippen LogP contribution in [0.15, 0.2) is 30.3 Å². The van der Waals surface area contributed by atoms with E-state index in [0.717, 1.165) is 6.54 Å². The molecule has 0 amide bonds. The first-order valence-corrected chi connectivity index (χ1v) is 7.52. The highest BCUT2D eigenvalue weighted by molar-refractivity contribution is 5.23. The van der Waals surface area contributed by atoms with Crippen molar-refractivity contribution in [1.82, 2.24) is 10.2 Å². The molecule has 0 bridgehead atoms. The number of benzene rings is 1. The van der Waals surface area contributed by atoms with Crippen molar-refractivity contribution in [2.75, 3.05) is 19.6 Å². The molecule has 1 aromatic rings. The van der Waals surface area contributed by atoms with Gasteiger partial charge in [0.15, 0.2) is 0 Å². The first-order valence-electron chi connectivity index (χ1n) is 7.52. The minimum absolute atomic E-state index is 0.201. The first kappa shape index (κ1) is 14.5. The summed E-state index contributed by atoms with van der Waals surface area (Å²) in [5, 5.41) is 3.76. The third-order valence-electron chi connectivity index (χ3n) is 4.34. The van der Waals surface area contributed by atoms with Gasteiger partial charge in [-0.1, -0.05) is 44.2 Å². The summed E-state index contributed by atoms with van der Waals surface area (Å²) in [5.74, 6) is 0. The minimum Gasteiger partial charge on any atom is -0.312 e. The molecule has 0 aromatic heterocycles. The van der Waals surface area contributed by atoms with Crippen LogP contribution in [0.3, 0.4) is 0 Å². The Morgan fingerprint density at radius 3 is 2.53 bits per heavy atom. The molecule has 1 fully saturated rings. The Hall–Kier alpha value is -0.860. The molecule has 1 unspecified atom stereocenters. The van der Waals surface area contributed by atoms with Crippen molar-refractivity contribution in [2.45, 2.75) is 51.6 Å². The fraction of sp³-hybridized carbons (Fsp3) is 0.647. The van der Waals surface area contributed by atoms with Crippen molar-refractivity contribution in [3.63, 3.8) is 0 Å². The second-order valence-corrected chi connectivity index (χ2v) is 6.71. The fourth-order valence-electron chi connectivity index (χ4n) is 2.81. The Kier molecular flexibility index (Phi) is 4.64. The molecule has 2 heteroatoms. The van der Waals surface area contributed by atoms with Crippen LogP contribution in [0.1, 0.15) is 39.7 Å². The molecule has 1 aliphatic rings. The van der Waals surface area contributed by atoms with Gasteiger partial charge in [0.2, 0.25) is 0 Å². The Labute approximate surface area is 118 Å².